The van der Waals surface area contributed by atoms with Crippen molar-refractivity contribution >= 4 is 17.4 Å². The zero-order valence-corrected chi connectivity index (χ0v) is 9.00. The summed E-state index contributed by atoms with van der Waals surface area (Å²) in [6.07, 6.45) is 1.95. The first-order valence-electron chi connectivity index (χ1n) is 4.21. The molecule has 0 aliphatic heterocycles. The Morgan fingerprint density at radius 1 is 1.57 bits per heavy atom. The van der Waals surface area contributed by atoms with Gasteiger partial charge in [0.05, 0.1) is 4.92 Å². The van der Waals surface area contributed by atoms with Crippen LogP contribution in [0.2, 0.25) is 0 Å². The number of rotatable bonds is 3. The molecule has 0 saturated heterocycles. The molecule has 1 aromatic carbocycles. The van der Waals surface area contributed by atoms with Crippen molar-refractivity contribution in [1.29, 1.82) is 0 Å². The number of hydrogen-bond donors (Lipinski definition) is 0. The van der Waals surface area contributed by atoms with Gasteiger partial charge < -0.3 is 0 Å². The number of nitrogens with zero attached hydrogens (tertiary/aromatic N) is 1. The fourth-order valence-electron chi connectivity index (χ4n) is 1.22. The SMILES string of the molecule is [CH2]C(C)c1cc([N+](=O)[O-])ccc1SC. The topological polar surface area (TPSA) is 43.1 Å². The van der Waals surface area contributed by atoms with Crippen molar-refractivity contribution < 1.29 is 4.92 Å². The van der Waals surface area contributed by atoms with E-state index in [1.165, 1.54) is 6.07 Å². The summed E-state index contributed by atoms with van der Waals surface area (Å²) in [6, 6.07) is 4.90. The monoisotopic (exact) mass is 210 g/mol. The molecule has 3 nitrogen and oxygen atoms in total. The van der Waals surface area contributed by atoms with E-state index in [-0.39, 0.29) is 16.5 Å². The second kappa shape index (κ2) is 4.46. The third-order valence-electron chi connectivity index (χ3n) is 1.96. The van der Waals surface area contributed by atoms with Crippen LogP contribution in [0, 0.1) is 17.0 Å². The minimum Gasteiger partial charge on any atom is -0.258 e. The van der Waals surface area contributed by atoms with Gasteiger partial charge in [-0.2, -0.15) is 0 Å². The van der Waals surface area contributed by atoms with Gasteiger partial charge in [-0.3, -0.25) is 10.1 Å². The van der Waals surface area contributed by atoms with Crippen LogP contribution in [0.3, 0.4) is 0 Å². The molecular formula is C10H12NO2S. The van der Waals surface area contributed by atoms with Gasteiger partial charge >= 0.3 is 0 Å². The number of benzene rings is 1. The van der Waals surface area contributed by atoms with Crippen LogP contribution in [-0.2, 0) is 0 Å². The Kier molecular flexibility index (Phi) is 3.52. The van der Waals surface area contributed by atoms with E-state index in [4.69, 9.17) is 0 Å². The van der Waals surface area contributed by atoms with Gasteiger partial charge in [-0.15, -0.1) is 11.8 Å². The Hall–Kier alpha value is -1.03. The Morgan fingerprint density at radius 2 is 2.21 bits per heavy atom. The van der Waals surface area contributed by atoms with Crippen LogP contribution in [0.1, 0.15) is 18.4 Å². The highest BCUT2D eigenvalue weighted by molar-refractivity contribution is 7.98. The summed E-state index contributed by atoms with van der Waals surface area (Å²) in [7, 11) is 0. The van der Waals surface area contributed by atoms with E-state index in [0.29, 0.717) is 0 Å². The van der Waals surface area contributed by atoms with Crippen LogP contribution in [0.5, 0.6) is 0 Å². The van der Waals surface area contributed by atoms with E-state index in [9.17, 15) is 10.1 Å². The van der Waals surface area contributed by atoms with Crippen molar-refractivity contribution in [3.05, 3.63) is 40.8 Å². The van der Waals surface area contributed by atoms with Crippen molar-refractivity contribution in [3.63, 3.8) is 0 Å². The summed E-state index contributed by atoms with van der Waals surface area (Å²) in [5.41, 5.74) is 1.07. The highest BCUT2D eigenvalue weighted by Gasteiger charge is 2.12. The molecule has 1 aromatic rings. The highest BCUT2D eigenvalue weighted by Crippen LogP contribution is 2.29. The van der Waals surface area contributed by atoms with E-state index < -0.39 is 0 Å². The lowest BCUT2D eigenvalue weighted by atomic mass is 10.0. The molecule has 14 heavy (non-hydrogen) atoms. The van der Waals surface area contributed by atoms with E-state index in [0.717, 1.165) is 10.5 Å². The molecule has 0 bridgehead atoms. The summed E-state index contributed by atoms with van der Waals surface area (Å²) in [5.74, 6) is 0.0670. The molecule has 1 atom stereocenters. The molecule has 1 unspecified atom stereocenters. The molecule has 0 fully saturated rings. The van der Waals surface area contributed by atoms with Gasteiger partial charge in [-0.25, -0.2) is 0 Å². The van der Waals surface area contributed by atoms with Gasteiger partial charge in [0.25, 0.3) is 5.69 Å². The first kappa shape index (κ1) is 11.0. The van der Waals surface area contributed by atoms with Crippen molar-refractivity contribution in [1.82, 2.24) is 0 Å². The summed E-state index contributed by atoms with van der Waals surface area (Å²) in [5, 5.41) is 10.6. The van der Waals surface area contributed by atoms with E-state index >= 15 is 0 Å². The lowest BCUT2D eigenvalue weighted by molar-refractivity contribution is -0.385. The molecule has 1 rings (SSSR count). The molecule has 0 N–H and O–H groups in total. The van der Waals surface area contributed by atoms with E-state index in [2.05, 4.69) is 6.92 Å². The Balaban J connectivity index is 3.20. The Morgan fingerprint density at radius 3 is 2.64 bits per heavy atom. The van der Waals surface area contributed by atoms with Gasteiger partial charge in [-0.05, 0) is 30.7 Å². The molecule has 0 aromatic heterocycles. The second-order valence-electron chi connectivity index (χ2n) is 3.08. The number of non-ortho nitro benzene ring substituents is 1. The molecule has 4 heteroatoms. The van der Waals surface area contributed by atoms with Crippen molar-refractivity contribution in [2.45, 2.75) is 17.7 Å². The summed E-state index contributed by atoms with van der Waals surface area (Å²) in [6.45, 7) is 5.81. The minimum atomic E-state index is -0.379. The van der Waals surface area contributed by atoms with E-state index in [1.807, 2.05) is 13.2 Å². The van der Waals surface area contributed by atoms with Crippen molar-refractivity contribution in [2.24, 2.45) is 0 Å². The van der Waals surface area contributed by atoms with Crippen LogP contribution in [-0.4, -0.2) is 11.2 Å². The number of nitro benzene ring substituents is 1. The number of thioether (sulfide) groups is 1. The fraction of sp³-hybridized carbons (Fsp3) is 0.300. The smallest absolute Gasteiger partial charge is 0.258 e. The van der Waals surface area contributed by atoms with Gasteiger partial charge in [0, 0.05) is 17.0 Å². The molecule has 75 valence electrons. The lowest BCUT2D eigenvalue weighted by Gasteiger charge is -2.09. The average Bonchev–Trinajstić information content (AvgIpc) is 2.16. The average molecular weight is 210 g/mol. The number of nitro groups is 1. The van der Waals surface area contributed by atoms with Gasteiger partial charge in [0.2, 0.25) is 0 Å². The van der Waals surface area contributed by atoms with E-state index in [1.54, 1.807) is 23.9 Å². The number of hydrogen-bond acceptors (Lipinski definition) is 3. The van der Waals surface area contributed by atoms with Crippen LogP contribution in [0.4, 0.5) is 5.69 Å². The Bertz CT molecular complexity index is 350. The van der Waals surface area contributed by atoms with Gasteiger partial charge in [0.1, 0.15) is 0 Å². The normalized spacial score (nSPS) is 10.6. The maximum atomic E-state index is 10.6. The zero-order chi connectivity index (χ0) is 10.7. The second-order valence-corrected chi connectivity index (χ2v) is 3.93. The molecule has 0 amide bonds. The summed E-state index contributed by atoms with van der Waals surface area (Å²) >= 11 is 1.58. The van der Waals surface area contributed by atoms with Crippen molar-refractivity contribution in [2.75, 3.05) is 6.26 Å². The first-order chi connectivity index (χ1) is 6.56. The minimum absolute atomic E-state index is 0.0670. The third-order valence-corrected chi connectivity index (χ3v) is 2.77. The largest absolute Gasteiger partial charge is 0.269 e. The molecule has 1 radical (unpaired) electrons. The lowest BCUT2D eigenvalue weighted by Crippen LogP contribution is -1.94. The predicted molar refractivity (Wildman–Crippen MR) is 58.6 cm³/mol. The third kappa shape index (κ3) is 2.26. The molecule has 0 heterocycles. The van der Waals surface area contributed by atoms with Crippen LogP contribution >= 0.6 is 11.8 Å². The molecule has 0 spiro atoms. The predicted octanol–water partition coefficient (Wildman–Crippen LogP) is 3.25. The molecule has 0 aliphatic carbocycles. The standard InChI is InChI=1S/C10H12NO2S/c1-7(2)9-6-8(11(12)13)4-5-10(9)14-3/h4-7H,1H2,2-3H3. The summed E-state index contributed by atoms with van der Waals surface area (Å²) < 4.78 is 0. The maximum Gasteiger partial charge on any atom is 0.269 e. The van der Waals surface area contributed by atoms with Crippen LogP contribution in [0.15, 0.2) is 23.1 Å². The fourth-order valence-corrected chi connectivity index (χ4v) is 1.92. The van der Waals surface area contributed by atoms with Gasteiger partial charge in [0.15, 0.2) is 0 Å². The first-order valence-corrected chi connectivity index (χ1v) is 5.44. The highest BCUT2D eigenvalue weighted by atomic mass is 32.2. The van der Waals surface area contributed by atoms with Gasteiger partial charge in [-0.1, -0.05) is 6.92 Å². The van der Waals surface area contributed by atoms with Crippen LogP contribution in [0.25, 0.3) is 0 Å². The Labute approximate surface area is 87.7 Å². The molecule has 0 aliphatic rings. The molecular weight excluding hydrogens is 198 g/mol. The maximum absolute atomic E-state index is 10.6. The van der Waals surface area contributed by atoms with Crippen LogP contribution < -0.4 is 0 Å². The molecule has 0 saturated carbocycles. The quantitative estimate of drug-likeness (QED) is 0.437. The van der Waals surface area contributed by atoms with Crippen molar-refractivity contribution in [3.8, 4) is 0 Å². The summed E-state index contributed by atoms with van der Waals surface area (Å²) in [4.78, 5) is 11.2. The zero-order valence-electron chi connectivity index (χ0n) is 8.19.